The normalized spacial score (nSPS) is 11.8. The van der Waals surface area contributed by atoms with Crippen LogP contribution in [0.2, 0.25) is 0 Å². The summed E-state index contributed by atoms with van der Waals surface area (Å²) in [5, 5.41) is 1.11. The minimum absolute atomic E-state index is 0.0356. The van der Waals surface area contributed by atoms with E-state index < -0.39 is 0 Å². The molecule has 20 heavy (non-hydrogen) atoms. The maximum atomic E-state index is 4.77. The third kappa shape index (κ3) is 2.27. The molecule has 0 saturated carbocycles. The fraction of sp³-hybridized carbons (Fsp3) is 0.235. The Bertz CT molecular complexity index is 743. The Morgan fingerprint density at radius 2 is 1.60 bits per heavy atom. The molecule has 3 aromatic rings. The summed E-state index contributed by atoms with van der Waals surface area (Å²) in [6.45, 7) is 6.51. The first kappa shape index (κ1) is 12.7. The third-order valence-corrected chi connectivity index (χ3v) is 3.21. The lowest BCUT2D eigenvalue weighted by atomic mass is 9.89. The van der Waals surface area contributed by atoms with Crippen molar-refractivity contribution in [3.8, 4) is 11.5 Å². The molecule has 0 amide bonds. The Labute approximate surface area is 118 Å². The number of hydrogen-bond acceptors (Lipinski definition) is 3. The smallest absolute Gasteiger partial charge is 0.178 e. The molecule has 0 N–H and O–H groups in total. The number of pyridine rings is 1. The minimum Gasteiger partial charge on any atom is -0.253 e. The minimum atomic E-state index is -0.0356. The predicted octanol–water partition coefficient (Wildman–Crippen LogP) is 3.99. The first-order valence-electron chi connectivity index (χ1n) is 6.74. The molecule has 0 saturated heterocycles. The van der Waals surface area contributed by atoms with Gasteiger partial charge in [0.25, 0.3) is 0 Å². The molecule has 0 fully saturated rings. The van der Waals surface area contributed by atoms with Crippen LogP contribution < -0.4 is 0 Å². The topological polar surface area (TPSA) is 38.7 Å². The molecule has 2 heterocycles. The quantitative estimate of drug-likeness (QED) is 0.666. The van der Waals surface area contributed by atoms with Crippen LogP contribution in [-0.4, -0.2) is 15.0 Å². The fourth-order valence-electron chi connectivity index (χ4n) is 2.26. The molecular weight excluding hydrogens is 246 g/mol. The van der Waals surface area contributed by atoms with E-state index in [4.69, 9.17) is 4.98 Å². The first-order valence-corrected chi connectivity index (χ1v) is 6.74. The van der Waals surface area contributed by atoms with E-state index in [2.05, 4.69) is 36.8 Å². The van der Waals surface area contributed by atoms with Crippen molar-refractivity contribution >= 4 is 10.9 Å². The second-order valence-corrected chi connectivity index (χ2v) is 5.88. The van der Waals surface area contributed by atoms with E-state index in [0.717, 1.165) is 22.3 Å². The fourth-order valence-corrected chi connectivity index (χ4v) is 2.26. The number of nitrogens with zero attached hydrogens (tertiary/aromatic N) is 3. The van der Waals surface area contributed by atoms with Gasteiger partial charge < -0.3 is 0 Å². The molecule has 0 bridgehead atoms. The Hall–Kier alpha value is -2.29. The van der Waals surface area contributed by atoms with Crippen molar-refractivity contribution in [1.82, 2.24) is 15.0 Å². The van der Waals surface area contributed by atoms with Gasteiger partial charge in [-0.15, -0.1) is 0 Å². The Balaban J connectivity index is 2.31. The summed E-state index contributed by atoms with van der Waals surface area (Å²) in [7, 11) is 0. The molecule has 100 valence electrons. The largest absolute Gasteiger partial charge is 0.253 e. The number of para-hydroxylation sites is 1. The Morgan fingerprint density at radius 3 is 2.30 bits per heavy atom. The van der Waals surface area contributed by atoms with Crippen LogP contribution >= 0.6 is 0 Å². The summed E-state index contributed by atoms with van der Waals surface area (Å²) in [5.74, 6) is 0.689. The molecule has 0 spiro atoms. The molecule has 0 atom stereocenters. The van der Waals surface area contributed by atoms with Gasteiger partial charge in [-0.1, -0.05) is 45.0 Å². The summed E-state index contributed by atoms with van der Waals surface area (Å²) in [4.78, 5) is 13.8. The average Bonchev–Trinajstić information content (AvgIpc) is 2.46. The molecule has 0 unspecified atom stereocenters. The van der Waals surface area contributed by atoms with Gasteiger partial charge in [-0.3, -0.25) is 4.98 Å². The predicted molar refractivity (Wildman–Crippen MR) is 81.5 cm³/mol. The Morgan fingerprint density at radius 1 is 0.850 bits per heavy atom. The zero-order valence-electron chi connectivity index (χ0n) is 12.0. The average molecular weight is 263 g/mol. The van der Waals surface area contributed by atoms with Gasteiger partial charge in [0.15, 0.2) is 5.82 Å². The molecule has 0 radical (unpaired) electrons. The van der Waals surface area contributed by atoms with E-state index in [-0.39, 0.29) is 5.41 Å². The summed E-state index contributed by atoms with van der Waals surface area (Å²) in [6, 6.07) is 13.9. The third-order valence-electron chi connectivity index (χ3n) is 3.21. The lowest BCUT2D eigenvalue weighted by Crippen LogP contribution is -2.15. The summed E-state index contributed by atoms with van der Waals surface area (Å²) in [5.41, 5.74) is 2.80. The van der Waals surface area contributed by atoms with E-state index in [9.17, 15) is 0 Å². The first-order chi connectivity index (χ1) is 9.55. The number of fused-ring (bicyclic) bond motifs is 1. The van der Waals surface area contributed by atoms with Crippen LogP contribution in [0.5, 0.6) is 0 Å². The van der Waals surface area contributed by atoms with E-state index in [1.165, 1.54) is 0 Å². The van der Waals surface area contributed by atoms with Gasteiger partial charge in [0.2, 0.25) is 0 Å². The van der Waals surface area contributed by atoms with Crippen molar-refractivity contribution < 1.29 is 0 Å². The van der Waals surface area contributed by atoms with Crippen molar-refractivity contribution in [2.45, 2.75) is 26.2 Å². The SMILES string of the molecule is CC(C)(C)c1nc(-c2ccccn2)nc2ccccc12. The molecule has 2 aromatic heterocycles. The van der Waals surface area contributed by atoms with E-state index in [1.54, 1.807) is 6.20 Å². The van der Waals surface area contributed by atoms with Crippen LogP contribution in [0.4, 0.5) is 0 Å². The van der Waals surface area contributed by atoms with Crippen LogP contribution in [-0.2, 0) is 5.41 Å². The van der Waals surface area contributed by atoms with Crippen molar-refractivity contribution in [3.63, 3.8) is 0 Å². The molecule has 0 aliphatic carbocycles. The summed E-state index contributed by atoms with van der Waals surface area (Å²) in [6.07, 6.45) is 1.77. The van der Waals surface area contributed by atoms with Gasteiger partial charge in [0.1, 0.15) is 5.69 Å². The van der Waals surface area contributed by atoms with Crippen molar-refractivity contribution in [1.29, 1.82) is 0 Å². The highest BCUT2D eigenvalue weighted by atomic mass is 14.9. The monoisotopic (exact) mass is 263 g/mol. The van der Waals surface area contributed by atoms with E-state index in [1.807, 2.05) is 36.4 Å². The van der Waals surface area contributed by atoms with Crippen LogP contribution in [0.15, 0.2) is 48.7 Å². The van der Waals surface area contributed by atoms with Crippen LogP contribution in [0.1, 0.15) is 26.5 Å². The number of aromatic nitrogens is 3. The molecule has 3 heteroatoms. The van der Waals surface area contributed by atoms with Gasteiger partial charge in [0, 0.05) is 17.0 Å². The summed E-state index contributed by atoms with van der Waals surface area (Å²) < 4.78 is 0. The number of benzene rings is 1. The van der Waals surface area contributed by atoms with Gasteiger partial charge >= 0.3 is 0 Å². The lowest BCUT2D eigenvalue weighted by molar-refractivity contribution is 0.575. The molecule has 0 aliphatic heterocycles. The number of rotatable bonds is 1. The van der Waals surface area contributed by atoms with E-state index in [0.29, 0.717) is 5.82 Å². The summed E-state index contributed by atoms with van der Waals surface area (Å²) >= 11 is 0. The van der Waals surface area contributed by atoms with Crippen molar-refractivity contribution in [2.24, 2.45) is 0 Å². The van der Waals surface area contributed by atoms with Gasteiger partial charge in [-0.2, -0.15) is 0 Å². The van der Waals surface area contributed by atoms with Crippen LogP contribution in [0.3, 0.4) is 0 Å². The highest BCUT2D eigenvalue weighted by Crippen LogP contribution is 2.29. The molecule has 3 nitrogen and oxygen atoms in total. The highest BCUT2D eigenvalue weighted by Gasteiger charge is 2.20. The lowest BCUT2D eigenvalue weighted by Gasteiger charge is -2.20. The van der Waals surface area contributed by atoms with Crippen molar-refractivity contribution in [2.75, 3.05) is 0 Å². The van der Waals surface area contributed by atoms with Gasteiger partial charge in [-0.05, 0) is 18.2 Å². The van der Waals surface area contributed by atoms with Crippen LogP contribution in [0.25, 0.3) is 22.4 Å². The highest BCUT2D eigenvalue weighted by molar-refractivity contribution is 5.83. The number of hydrogen-bond donors (Lipinski definition) is 0. The maximum absolute atomic E-state index is 4.77. The van der Waals surface area contributed by atoms with Crippen LogP contribution in [0, 0.1) is 0 Å². The van der Waals surface area contributed by atoms with Gasteiger partial charge in [0.05, 0.1) is 11.2 Å². The Kier molecular flexibility index (Phi) is 2.97. The zero-order valence-corrected chi connectivity index (χ0v) is 12.0. The van der Waals surface area contributed by atoms with Gasteiger partial charge in [-0.25, -0.2) is 9.97 Å². The molecule has 3 rings (SSSR count). The maximum Gasteiger partial charge on any atom is 0.178 e. The molecule has 0 aliphatic rings. The van der Waals surface area contributed by atoms with E-state index >= 15 is 0 Å². The molecule has 1 aromatic carbocycles. The standard InChI is InChI=1S/C17H17N3/c1-17(2,3)15-12-8-4-5-9-13(12)19-16(20-15)14-10-6-7-11-18-14/h4-11H,1-3H3. The second-order valence-electron chi connectivity index (χ2n) is 5.88. The molecular formula is C17H17N3. The second kappa shape index (κ2) is 4.67. The van der Waals surface area contributed by atoms with Crippen molar-refractivity contribution in [3.05, 3.63) is 54.4 Å². The zero-order chi connectivity index (χ0) is 14.2.